The highest BCUT2D eigenvalue weighted by Gasteiger charge is 2.60. The van der Waals surface area contributed by atoms with E-state index in [1.165, 1.54) is 12.5 Å². The Balaban J connectivity index is 1.84. The van der Waals surface area contributed by atoms with Crippen molar-refractivity contribution in [1.82, 2.24) is 0 Å². The average molecular weight is 413 g/mol. The van der Waals surface area contributed by atoms with E-state index >= 15 is 0 Å². The Hall–Kier alpha value is -1.98. The van der Waals surface area contributed by atoms with Gasteiger partial charge in [-0.05, 0) is 63.1 Å². The fourth-order valence-corrected chi connectivity index (χ4v) is 5.65. The minimum Gasteiger partial charge on any atom is -0.430 e. The van der Waals surface area contributed by atoms with Crippen LogP contribution in [0.3, 0.4) is 0 Å². The second-order valence-electron chi connectivity index (χ2n) is 9.46. The third kappa shape index (κ3) is 3.42. The summed E-state index contributed by atoms with van der Waals surface area (Å²) >= 11 is 0. The van der Waals surface area contributed by atoms with Crippen LogP contribution in [-0.4, -0.2) is 29.7 Å². The summed E-state index contributed by atoms with van der Waals surface area (Å²) in [5.41, 5.74) is 4.55. The maximum atomic E-state index is 13.8. The van der Waals surface area contributed by atoms with E-state index in [9.17, 15) is 9.59 Å². The lowest BCUT2D eigenvalue weighted by Gasteiger charge is -2.26. The second-order valence-corrected chi connectivity index (χ2v) is 9.46. The van der Waals surface area contributed by atoms with Crippen LogP contribution in [0.25, 0.3) is 5.57 Å². The molecule has 5 heteroatoms. The summed E-state index contributed by atoms with van der Waals surface area (Å²) in [7, 11) is 0. The van der Waals surface area contributed by atoms with Crippen molar-refractivity contribution in [3.8, 4) is 0 Å². The zero-order valence-electron chi connectivity index (χ0n) is 18.9. The quantitative estimate of drug-likeness (QED) is 0.680. The molecule has 5 nitrogen and oxygen atoms in total. The van der Waals surface area contributed by atoms with E-state index in [2.05, 4.69) is 32.9 Å². The number of rotatable bonds is 4. The largest absolute Gasteiger partial charge is 0.430 e. The molecular formula is C25H32O5. The van der Waals surface area contributed by atoms with E-state index in [0.717, 1.165) is 29.5 Å². The number of hydrogen-bond acceptors (Lipinski definition) is 5. The maximum absolute atomic E-state index is 13.8. The third-order valence-corrected chi connectivity index (χ3v) is 6.69. The molecule has 3 aliphatic rings. The van der Waals surface area contributed by atoms with Crippen LogP contribution in [0.1, 0.15) is 69.7 Å². The van der Waals surface area contributed by atoms with Crippen molar-refractivity contribution in [1.29, 1.82) is 0 Å². The SMILES string of the molecule is CCc1cc(C)cc(CC)c1C1=C(OC(C)=O)C2CC3(COC(C)(C)O3)CC2C1=O. The monoisotopic (exact) mass is 412 g/mol. The first kappa shape index (κ1) is 21.3. The van der Waals surface area contributed by atoms with E-state index in [1.54, 1.807) is 0 Å². The summed E-state index contributed by atoms with van der Waals surface area (Å²) < 4.78 is 17.8. The molecule has 0 amide bonds. The molecule has 1 aromatic carbocycles. The predicted molar refractivity (Wildman–Crippen MR) is 114 cm³/mol. The van der Waals surface area contributed by atoms with Crippen LogP contribution >= 0.6 is 0 Å². The Kier molecular flexibility index (Phi) is 5.18. The number of aryl methyl sites for hydroxylation is 3. The lowest BCUT2D eigenvalue weighted by Crippen LogP contribution is -2.32. The van der Waals surface area contributed by atoms with Crippen LogP contribution in [0, 0.1) is 18.8 Å². The lowest BCUT2D eigenvalue weighted by molar-refractivity contribution is -0.161. The van der Waals surface area contributed by atoms with Gasteiger partial charge in [0, 0.05) is 18.8 Å². The minimum absolute atomic E-state index is 0.0784. The molecule has 0 bridgehead atoms. The Labute approximate surface area is 178 Å². The molecule has 3 unspecified atom stereocenters. The number of ether oxygens (including phenoxy) is 3. The highest BCUT2D eigenvalue weighted by molar-refractivity contribution is 6.26. The molecule has 162 valence electrons. The normalized spacial score (nSPS) is 29.7. The Bertz CT molecular complexity index is 916. The smallest absolute Gasteiger partial charge is 0.307 e. The Morgan fingerprint density at radius 3 is 2.23 bits per heavy atom. The van der Waals surface area contributed by atoms with Gasteiger partial charge in [-0.15, -0.1) is 0 Å². The molecule has 1 spiro atoms. The molecule has 0 N–H and O–H groups in total. The van der Waals surface area contributed by atoms with Crippen molar-refractivity contribution in [2.75, 3.05) is 6.61 Å². The van der Waals surface area contributed by atoms with Crippen molar-refractivity contribution < 1.29 is 23.8 Å². The molecule has 1 saturated carbocycles. The number of hydrogen-bond donors (Lipinski definition) is 0. The first-order chi connectivity index (χ1) is 14.1. The van der Waals surface area contributed by atoms with Crippen molar-refractivity contribution in [3.05, 3.63) is 40.1 Å². The molecular weight excluding hydrogens is 380 g/mol. The maximum Gasteiger partial charge on any atom is 0.307 e. The molecule has 1 aromatic rings. The highest BCUT2D eigenvalue weighted by Crippen LogP contribution is 2.56. The van der Waals surface area contributed by atoms with E-state index in [0.29, 0.717) is 30.8 Å². The van der Waals surface area contributed by atoms with Gasteiger partial charge in [-0.3, -0.25) is 9.59 Å². The van der Waals surface area contributed by atoms with E-state index in [1.807, 2.05) is 13.8 Å². The van der Waals surface area contributed by atoms with Crippen LogP contribution in [0.2, 0.25) is 0 Å². The average Bonchev–Trinajstić information content (AvgIpc) is 3.26. The van der Waals surface area contributed by atoms with Gasteiger partial charge in [0.05, 0.1) is 17.8 Å². The molecule has 0 radical (unpaired) electrons. The second kappa shape index (κ2) is 7.31. The zero-order chi connectivity index (χ0) is 21.8. The van der Waals surface area contributed by atoms with Crippen LogP contribution < -0.4 is 0 Å². The molecule has 30 heavy (non-hydrogen) atoms. The van der Waals surface area contributed by atoms with E-state index < -0.39 is 11.4 Å². The van der Waals surface area contributed by atoms with Gasteiger partial charge >= 0.3 is 5.97 Å². The number of Topliss-reactive ketones (excluding diaryl/α,β-unsaturated/α-hetero) is 1. The van der Waals surface area contributed by atoms with Crippen LogP contribution in [0.5, 0.6) is 0 Å². The van der Waals surface area contributed by atoms with Crippen molar-refractivity contribution in [2.24, 2.45) is 11.8 Å². The van der Waals surface area contributed by atoms with Gasteiger partial charge in [0.1, 0.15) is 5.76 Å². The number of carbonyl (C=O) groups is 2. The molecule has 2 fully saturated rings. The first-order valence-corrected chi connectivity index (χ1v) is 11.0. The van der Waals surface area contributed by atoms with E-state index in [-0.39, 0.29) is 23.6 Å². The van der Waals surface area contributed by atoms with Gasteiger partial charge in [-0.2, -0.15) is 0 Å². The van der Waals surface area contributed by atoms with Gasteiger partial charge in [0.15, 0.2) is 11.6 Å². The number of esters is 1. The number of fused-ring (bicyclic) bond motifs is 1. The van der Waals surface area contributed by atoms with Gasteiger partial charge < -0.3 is 14.2 Å². The molecule has 1 heterocycles. The number of allylic oxidation sites excluding steroid dienone is 2. The summed E-state index contributed by atoms with van der Waals surface area (Å²) in [5.74, 6) is -0.806. The summed E-state index contributed by atoms with van der Waals surface area (Å²) in [6.45, 7) is 12.0. The molecule has 3 atom stereocenters. The van der Waals surface area contributed by atoms with Crippen LogP contribution in [-0.2, 0) is 36.6 Å². The van der Waals surface area contributed by atoms with Crippen molar-refractivity contribution >= 4 is 17.3 Å². The van der Waals surface area contributed by atoms with Crippen LogP contribution in [0.4, 0.5) is 0 Å². The van der Waals surface area contributed by atoms with Gasteiger partial charge in [-0.1, -0.05) is 31.5 Å². The van der Waals surface area contributed by atoms with Crippen molar-refractivity contribution in [3.63, 3.8) is 0 Å². The van der Waals surface area contributed by atoms with Crippen molar-refractivity contribution in [2.45, 2.75) is 78.6 Å². The first-order valence-electron chi connectivity index (χ1n) is 11.0. The third-order valence-electron chi connectivity index (χ3n) is 6.69. The number of carbonyl (C=O) groups excluding carboxylic acids is 2. The topological polar surface area (TPSA) is 61.8 Å². The minimum atomic E-state index is -0.655. The summed E-state index contributed by atoms with van der Waals surface area (Å²) in [6.07, 6.45) is 2.87. The Morgan fingerprint density at radius 2 is 1.73 bits per heavy atom. The number of ketones is 1. The van der Waals surface area contributed by atoms with E-state index in [4.69, 9.17) is 14.2 Å². The number of benzene rings is 1. The van der Waals surface area contributed by atoms with Gasteiger partial charge in [0.25, 0.3) is 0 Å². The summed E-state index contributed by atoms with van der Waals surface area (Å²) in [4.78, 5) is 25.8. The zero-order valence-corrected chi connectivity index (χ0v) is 18.9. The molecule has 0 aromatic heterocycles. The molecule has 2 aliphatic carbocycles. The molecule has 4 rings (SSSR count). The summed E-state index contributed by atoms with van der Waals surface area (Å²) in [5, 5.41) is 0. The molecule has 1 aliphatic heterocycles. The highest BCUT2D eigenvalue weighted by atomic mass is 16.8. The fourth-order valence-electron chi connectivity index (χ4n) is 5.65. The summed E-state index contributed by atoms with van der Waals surface area (Å²) in [6, 6.07) is 4.29. The van der Waals surface area contributed by atoms with Crippen LogP contribution in [0.15, 0.2) is 17.9 Å². The standard InChI is InChI=1S/C25H32O5/c1-7-16-9-14(3)10-17(8-2)20(16)21-22(27)18-11-25(13-28-24(5,6)30-25)12-19(18)23(21)29-15(4)26/h9-10,18-19H,7-8,11-13H2,1-6H3. The lowest BCUT2D eigenvalue weighted by atomic mass is 9.86. The molecule has 1 saturated heterocycles. The Morgan fingerprint density at radius 1 is 1.13 bits per heavy atom. The predicted octanol–water partition coefficient (Wildman–Crippen LogP) is 4.52. The fraction of sp³-hybridized carbons (Fsp3) is 0.600. The van der Waals surface area contributed by atoms with Gasteiger partial charge in [0.2, 0.25) is 0 Å². The van der Waals surface area contributed by atoms with Gasteiger partial charge in [-0.25, -0.2) is 0 Å².